The first-order chi connectivity index (χ1) is 10.6. The Morgan fingerprint density at radius 3 is 2.77 bits per heavy atom. The van der Waals surface area contributed by atoms with Crippen LogP contribution in [0, 0.1) is 6.92 Å². The average Bonchev–Trinajstić information content (AvgIpc) is 3.26. The predicted molar refractivity (Wildman–Crippen MR) is 85.7 cm³/mol. The summed E-state index contributed by atoms with van der Waals surface area (Å²) in [6.07, 6.45) is 4.20. The fourth-order valence-electron chi connectivity index (χ4n) is 2.58. The lowest BCUT2D eigenvalue weighted by Gasteiger charge is -2.23. The van der Waals surface area contributed by atoms with Crippen LogP contribution in [0.4, 0.5) is 0 Å². The summed E-state index contributed by atoms with van der Waals surface area (Å²) in [4.78, 5) is 14.5. The van der Waals surface area contributed by atoms with Crippen molar-refractivity contribution in [3.05, 3.63) is 53.9 Å². The molecule has 4 heteroatoms. The van der Waals surface area contributed by atoms with Gasteiger partial charge in [0.1, 0.15) is 5.75 Å². The summed E-state index contributed by atoms with van der Waals surface area (Å²) in [7, 11) is 2.01. The van der Waals surface area contributed by atoms with E-state index in [1.165, 1.54) is 0 Å². The van der Waals surface area contributed by atoms with E-state index in [0.29, 0.717) is 12.6 Å². The molecule has 1 saturated carbocycles. The van der Waals surface area contributed by atoms with Crippen molar-refractivity contribution >= 4 is 5.91 Å². The van der Waals surface area contributed by atoms with Gasteiger partial charge in [-0.25, -0.2) is 0 Å². The molecular formula is C18H22N2O2. The molecule has 1 amide bonds. The summed E-state index contributed by atoms with van der Waals surface area (Å²) < 4.78 is 7.72. The number of carbonyl (C=O) groups excluding carboxylic acids is 1. The summed E-state index contributed by atoms with van der Waals surface area (Å²) in [5.41, 5.74) is 2.28. The van der Waals surface area contributed by atoms with Crippen molar-refractivity contribution in [2.24, 2.45) is 7.05 Å². The minimum Gasteiger partial charge on any atom is -0.484 e. The maximum atomic E-state index is 12.5. The minimum atomic E-state index is 0.0604. The lowest BCUT2D eigenvalue weighted by atomic mass is 10.2. The van der Waals surface area contributed by atoms with Gasteiger partial charge in [0.25, 0.3) is 5.91 Å². The van der Waals surface area contributed by atoms with Gasteiger partial charge < -0.3 is 14.2 Å². The van der Waals surface area contributed by atoms with Crippen LogP contribution in [0.2, 0.25) is 0 Å². The van der Waals surface area contributed by atoms with Crippen LogP contribution in [-0.4, -0.2) is 28.0 Å². The van der Waals surface area contributed by atoms with Crippen LogP contribution in [0.25, 0.3) is 0 Å². The molecule has 4 nitrogen and oxygen atoms in total. The summed E-state index contributed by atoms with van der Waals surface area (Å²) in [5.74, 6) is 0.813. The molecule has 1 aliphatic carbocycles. The molecule has 0 bridgehead atoms. The number of benzene rings is 1. The molecule has 0 N–H and O–H groups in total. The van der Waals surface area contributed by atoms with Crippen molar-refractivity contribution in [1.29, 1.82) is 0 Å². The predicted octanol–water partition coefficient (Wildman–Crippen LogP) is 2.90. The molecule has 0 aliphatic heterocycles. The summed E-state index contributed by atoms with van der Waals surface area (Å²) in [5, 5.41) is 0. The van der Waals surface area contributed by atoms with E-state index in [4.69, 9.17) is 4.74 Å². The van der Waals surface area contributed by atoms with Gasteiger partial charge in [-0.2, -0.15) is 0 Å². The number of aryl methyl sites for hydroxylation is 2. The Bertz CT molecular complexity index is 659. The van der Waals surface area contributed by atoms with Crippen LogP contribution in [-0.2, 0) is 18.4 Å². The van der Waals surface area contributed by atoms with Gasteiger partial charge in [0.2, 0.25) is 0 Å². The van der Waals surface area contributed by atoms with E-state index in [0.717, 1.165) is 29.8 Å². The highest BCUT2D eigenvalue weighted by atomic mass is 16.5. The SMILES string of the molecule is Cc1cccc(OCC(=O)N(Cc2cccn2C)C2CC2)c1. The molecule has 0 unspecified atom stereocenters. The van der Waals surface area contributed by atoms with E-state index < -0.39 is 0 Å². The molecule has 1 fully saturated rings. The zero-order valence-corrected chi connectivity index (χ0v) is 13.2. The van der Waals surface area contributed by atoms with Gasteiger partial charge in [-0.15, -0.1) is 0 Å². The standard InChI is InChI=1S/C18H22N2O2/c1-14-5-3-7-17(11-14)22-13-18(21)20(15-8-9-15)12-16-6-4-10-19(16)2/h3-7,10-11,15H,8-9,12-13H2,1-2H3. The van der Waals surface area contributed by atoms with E-state index in [1.807, 2.05) is 55.4 Å². The zero-order chi connectivity index (χ0) is 15.5. The normalized spacial score (nSPS) is 13.9. The number of amides is 1. The van der Waals surface area contributed by atoms with Crippen molar-refractivity contribution in [2.75, 3.05) is 6.61 Å². The van der Waals surface area contributed by atoms with Crippen molar-refractivity contribution in [1.82, 2.24) is 9.47 Å². The van der Waals surface area contributed by atoms with Gasteiger partial charge in [0.15, 0.2) is 6.61 Å². The molecule has 0 saturated heterocycles. The number of nitrogens with zero attached hydrogens (tertiary/aromatic N) is 2. The number of aromatic nitrogens is 1. The molecule has 1 heterocycles. The van der Waals surface area contributed by atoms with Crippen molar-refractivity contribution in [2.45, 2.75) is 32.4 Å². The molecule has 1 aliphatic rings. The van der Waals surface area contributed by atoms with Crippen LogP contribution in [0.1, 0.15) is 24.1 Å². The number of hydrogen-bond acceptors (Lipinski definition) is 2. The maximum absolute atomic E-state index is 12.5. The number of hydrogen-bond donors (Lipinski definition) is 0. The van der Waals surface area contributed by atoms with Crippen LogP contribution in [0.5, 0.6) is 5.75 Å². The minimum absolute atomic E-state index is 0.0604. The Morgan fingerprint density at radius 2 is 2.14 bits per heavy atom. The van der Waals surface area contributed by atoms with E-state index in [-0.39, 0.29) is 12.5 Å². The smallest absolute Gasteiger partial charge is 0.261 e. The second-order valence-corrected chi connectivity index (χ2v) is 5.97. The largest absolute Gasteiger partial charge is 0.484 e. The van der Waals surface area contributed by atoms with Crippen molar-refractivity contribution in [3.8, 4) is 5.75 Å². The fourth-order valence-corrected chi connectivity index (χ4v) is 2.58. The molecule has 1 aromatic heterocycles. The third kappa shape index (κ3) is 3.50. The van der Waals surface area contributed by atoms with Crippen LogP contribution >= 0.6 is 0 Å². The van der Waals surface area contributed by atoms with E-state index in [1.54, 1.807) is 0 Å². The number of carbonyl (C=O) groups is 1. The quantitative estimate of drug-likeness (QED) is 0.822. The Kier molecular flexibility index (Phi) is 4.18. The van der Waals surface area contributed by atoms with Crippen LogP contribution in [0.3, 0.4) is 0 Å². The Labute approximate surface area is 131 Å². The molecular weight excluding hydrogens is 276 g/mol. The summed E-state index contributed by atoms with van der Waals surface area (Å²) >= 11 is 0. The molecule has 2 aromatic rings. The first kappa shape index (κ1) is 14.7. The highest BCUT2D eigenvalue weighted by Gasteiger charge is 2.33. The third-order valence-corrected chi connectivity index (χ3v) is 4.04. The number of rotatable bonds is 6. The molecule has 0 spiro atoms. The Hall–Kier alpha value is -2.23. The fraction of sp³-hybridized carbons (Fsp3) is 0.389. The molecule has 116 valence electrons. The highest BCUT2D eigenvalue weighted by Crippen LogP contribution is 2.28. The first-order valence-corrected chi connectivity index (χ1v) is 7.72. The van der Waals surface area contributed by atoms with Gasteiger partial charge in [0, 0.05) is 25.0 Å². The summed E-state index contributed by atoms with van der Waals surface area (Å²) in [6, 6.07) is 12.2. The van der Waals surface area contributed by atoms with Crippen molar-refractivity contribution < 1.29 is 9.53 Å². The first-order valence-electron chi connectivity index (χ1n) is 7.72. The van der Waals surface area contributed by atoms with Crippen LogP contribution in [0.15, 0.2) is 42.6 Å². The number of ether oxygens (including phenoxy) is 1. The molecule has 3 rings (SSSR count). The Balaban J connectivity index is 1.62. The molecule has 1 aromatic carbocycles. The zero-order valence-electron chi connectivity index (χ0n) is 13.2. The summed E-state index contributed by atoms with van der Waals surface area (Å²) in [6.45, 7) is 2.77. The molecule has 0 radical (unpaired) electrons. The average molecular weight is 298 g/mol. The molecule has 0 atom stereocenters. The lowest BCUT2D eigenvalue weighted by Crippen LogP contribution is -2.36. The van der Waals surface area contributed by atoms with Crippen molar-refractivity contribution in [3.63, 3.8) is 0 Å². The third-order valence-electron chi connectivity index (χ3n) is 4.04. The van der Waals surface area contributed by atoms with Gasteiger partial charge in [-0.1, -0.05) is 12.1 Å². The van der Waals surface area contributed by atoms with Crippen LogP contribution < -0.4 is 4.74 Å². The van der Waals surface area contributed by atoms with Gasteiger partial charge >= 0.3 is 0 Å². The van der Waals surface area contributed by atoms with E-state index in [9.17, 15) is 4.79 Å². The van der Waals surface area contributed by atoms with Gasteiger partial charge in [-0.3, -0.25) is 4.79 Å². The Morgan fingerprint density at radius 1 is 1.32 bits per heavy atom. The van der Waals surface area contributed by atoms with E-state index in [2.05, 4.69) is 10.6 Å². The monoisotopic (exact) mass is 298 g/mol. The maximum Gasteiger partial charge on any atom is 0.261 e. The van der Waals surface area contributed by atoms with E-state index >= 15 is 0 Å². The van der Waals surface area contributed by atoms with Gasteiger partial charge in [-0.05, 0) is 49.6 Å². The second-order valence-electron chi connectivity index (χ2n) is 5.97. The van der Waals surface area contributed by atoms with Gasteiger partial charge in [0.05, 0.1) is 6.54 Å². The lowest BCUT2D eigenvalue weighted by molar-refractivity contribution is -0.134. The molecule has 22 heavy (non-hydrogen) atoms. The topological polar surface area (TPSA) is 34.5 Å². The highest BCUT2D eigenvalue weighted by molar-refractivity contribution is 5.78. The second kappa shape index (κ2) is 6.26.